The zero-order valence-corrected chi connectivity index (χ0v) is 11.7. The fourth-order valence-electron chi connectivity index (χ4n) is 3.01. The van der Waals surface area contributed by atoms with E-state index in [9.17, 15) is 0 Å². The normalized spacial score (nSPS) is 25.5. The molecule has 4 heteroatoms. The Morgan fingerprint density at radius 2 is 1.63 bits per heavy atom. The predicted octanol–water partition coefficient (Wildman–Crippen LogP) is 0.672. The molecule has 2 saturated heterocycles. The van der Waals surface area contributed by atoms with E-state index in [-0.39, 0.29) is 0 Å². The van der Waals surface area contributed by atoms with Crippen LogP contribution < -0.4 is 15.5 Å². The molecule has 0 saturated carbocycles. The molecule has 1 unspecified atom stereocenters. The molecule has 1 aromatic rings. The second-order valence-corrected chi connectivity index (χ2v) is 5.53. The van der Waals surface area contributed by atoms with Gasteiger partial charge in [0.05, 0.1) is 0 Å². The fourth-order valence-corrected chi connectivity index (χ4v) is 3.01. The van der Waals surface area contributed by atoms with Crippen molar-refractivity contribution in [2.24, 2.45) is 0 Å². The van der Waals surface area contributed by atoms with Gasteiger partial charge < -0.3 is 15.5 Å². The minimum Gasteiger partial charge on any atom is -0.369 e. The molecule has 2 aliphatic rings. The number of hydrogen-bond donors (Lipinski definition) is 2. The Morgan fingerprint density at radius 3 is 2.32 bits per heavy atom. The summed E-state index contributed by atoms with van der Waals surface area (Å²) in [5.74, 6) is 0. The first-order chi connectivity index (χ1) is 9.34. The fraction of sp³-hybridized carbons (Fsp3) is 0.600. The van der Waals surface area contributed by atoms with Crippen LogP contribution in [0.3, 0.4) is 0 Å². The summed E-state index contributed by atoms with van der Waals surface area (Å²) in [4.78, 5) is 4.90. The van der Waals surface area contributed by atoms with Crippen LogP contribution in [-0.4, -0.2) is 57.8 Å². The largest absolute Gasteiger partial charge is 0.369 e. The quantitative estimate of drug-likeness (QED) is 0.818. The van der Waals surface area contributed by atoms with Gasteiger partial charge in [-0.2, -0.15) is 0 Å². The Balaban J connectivity index is 1.70. The minimum absolute atomic E-state index is 0.519. The van der Waals surface area contributed by atoms with Crippen LogP contribution in [0.2, 0.25) is 0 Å². The summed E-state index contributed by atoms with van der Waals surface area (Å²) in [6.07, 6.45) is 0. The van der Waals surface area contributed by atoms with Crippen molar-refractivity contribution >= 4 is 5.69 Å². The van der Waals surface area contributed by atoms with Gasteiger partial charge in [0.2, 0.25) is 0 Å². The Hall–Kier alpha value is -1.10. The Morgan fingerprint density at radius 1 is 0.947 bits per heavy atom. The second-order valence-electron chi connectivity index (χ2n) is 5.53. The summed E-state index contributed by atoms with van der Waals surface area (Å²) in [6.45, 7) is 7.71. The van der Waals surface area contributed by atoms with Crippen LogP contribution >= 0.6 is 0 Å². The molecule has 3 rings (SSSR count). The van der Waals surface area contributed by atoms with Crippen molar-refractivity contribution in [2.75, 3.05) is 57.8 Å². The molecule has 4 nitrogen and oxygen atoms in total. The Labute approximate surface area is 115 Å². The van der Waals surface area contributed by atoms with Gasteiger partial charge in [0.15, 0.2) is 0 Å². The van der Waals surface area contributed by atoms with Crippen molar-refractivity contribution in [3.8, 4) is 0 Å². The lowest BCUT2D eigenvalue weighted by molar-refractivity contribution is 0.202. The molecule has 2 fully saturated rings. The van der Waals surface area contributed by atoms with E-state index in [2.05, 4.69) is 51.7 Å². The highest BCUT2D eigenvalue weighted by Gasteiger charge is 2.20. The topological polar surface area (TPSA) is 30.5 Å². The summed E-state index contributed by atoms with van der Waals surface area (Å²) in [5, 5.41) is 6.88. The maximum absolute atomic E-state index is 3.48. The molecule has 0 aromatic heterocycles. The zero-order chi connectivity index (χ0) is 13.1. The molecule has 2 aliphatic heterocycles. The summed E-state index contributed by atoms with van der Waals surface area (Å²) in [5.41, 5.74) is 2.78. The van der Waals surface area contributed by atoms with Gasteiger partial charge >= 0.3 is 0 Å². The first kappa shape index (κ1) is 12.9. The maximum atomic E-state index is 3.48. The van der Waals surface area contributed by atoms with E-state index in [0.717, 1.165) is 45.8 Å². The van der Waals surface area contributed by atoms with Crippen LogP contribution in [0.5, 0.6) is 0 Å². The van der Waals surface area contributed by atoms with Gasteiger partial charge in [0.1, 0.15) is 0 Å². The number of likely N-dealkylation sites (N-methyl/N-ethyl adjacent to an activating group) is 1. The van der Waals surface area contributed by atoms with Crippen LogP contribution in [-0.2, 0) is 0 Å². The highest BCUT2D eigenvalue weighted by atomic mass is 15.2. The number of hydrogen-bond acceptors (Lipinski definition) is 4. The third kappa shape index (κ3) is 2.91. The van der Waals surface area contributed by atoms with E-state index in [1.54, 1.807) is 0 Å². The average Bonchev–Trinajstić information content (AvgIpc) is 2.49. The second kappa shape index (κ2) is 5.90. The molecule has 104 valence electrons. The molecule has 19 heavy (non-hydrogen) atoms. The van der Waals surface area contributed by atoms with Crippen LogP contribution in [0, 0.1) is 0 Å². The molecule has 0 spiro atoms. The number of benzene rings is 1. The van der Waals surface area contributed by atoms with Gasteiger partial charge in [0, 0.05) is 57.5 Å². The van der Waals surface area contributed by atoms with Crippen molar-refractivity contribution in [2.45, 2.75) is 6.04 Å². The van der Waals surface area contributed by atoms with Crippen molar-refractivity contribution in [1.29, 1.82) is 0 Å². The van der Waals surface area contributed by atoms with Gasteiger partial charge in [-0.3, -0.25) is 4.90 Å². The molecule has 1 atom stereocenters. The number of nitrogens with one attached hydrogen (secondary N) is 2. The van der Waals surface area contributed by atoms with Gasteiger partial charge in [0.25, 0.3) is 0 Å². The summed E-state index contributed by atoms with van der Waals surface area (Å²) in [6, 6.07) is 9.68. The SMILES string of the molecule is CN1CCNCC1c1ccc(N2CCNCC2)cc1. The molecule has 2 heterocycles. The van der Waals surface area contributed by atoms with Crippen LogP contribution in [0.1, 0.15) is 11.6 Å². The number of rotatable bonds is 2. The Kier molecular flexibility index (Phi) is 4.01. The van der Waals surface area contributed by atoms with Crippen molar-refractivity contribution in [1.82, 2.24) is 15.5 Å². The highest BCUT2D eigenvalue weighted by Crippen LogP contribution is 2.23. The molecular formula is C15H24N4. The monoisotopic (exact) mass is 260 g/mol. The average molecular weight is 260 g/mol. The van der Waals surface area contributed by atoms with Crippen molar-refractivity contribution in [3.63, 3.8) is 0 Å². The lowest BCUT2D eigenvalue weighted by Crippen LogP contribution is -2.44. The van der Waals surface area contributed by atoms with Crippen LogP contribution in [0.4, 0.5) is 5.69 Å². The van der Waals surface area contributed by atoms with Crippen LogP contribution in [0.25, 0.3) is 0 Å². The van der Waals surface area contributed by atoms with Gasteiger partial charge in [-0.1, -0.05) is 12.1 Å². The first-order valence-electron chi connectivity index (χ1n) is 7.31. The third-order valence-corrected chi connectivity index (χ3v) is 4.27. The van der Waals surface area contributed by atoms with Gasteiger partial charge in [-0.05, 0) is 24.7 Å². The highest BCUT2D eigenvalue weighted by molar-refractivity contribution is 5.48. The molecule has 0 bridgehead atoms. The summed E-state index contributed by atoms with van der Waals surface area (Å²) < 4.78 is 0. The molecule has 0 radical (unpaired) electrons. The summed E-state index contributed by atoms with van der Waals surface area (Å²) in [7, 11) is 2.22. The Bertz CT molecular complexity index is 397. The third-order valence-electron chi connectivity index (χ3n) is 4.27. The lowest BCUT2D eigenvalue weighted by atomic mass is 10.0. The number of piperazine rings is 2. The molecule has 0 aliphatic carbocycles. The van der Waals surface area contributed by atoms with Crippen LogP contribution in [0.15, 0.2) is 24.3 Å². The van der Waals surface area contributed by atoms with E-state index in [0.29, 0.717) is 6.04 Å². The standard InChI is InChI=1S/C15H24N4/c1-18-9-6-17-12-15(18)13-2-4-14(5-3-13)19-10-7-16-8-11-19/h2-5,15-17H,6-12H2,1H3. The van der Waals surface area contributed by atoms with Gasteiger partial charge in [-0.15, -0.1) is 0 Å². The zero-order valence-electron chi connectivity index (χ0n) is 11.7. The lowest BCUT2D eigenvalue weighted by Gasteiger charge is -2.34. The van der Waals surface area contributed by atoms with E-state index in [1.807, 2.05) is 0 Å². The van der Waals surface area contributed by atoms with Gasteiger partial charge in [-0.25, -0.2) is 0 Å². The smallest absolute Gasteiger partial charge is 0.0470 e. The maximum Gasteiger partial charge on any atom is 0.0470 e. The first-order valence-corrected chi connectivity index (χ1v) is 7.31. The molecule has 2 N–H and O–H groups in total. The summed E-state index contributed by atoms with van der Waals surface area (Å²) >= 11 is 0. The molecule has 1 aromatic carbocycles. The molecule has 0 amide bonds. The predicted molar refractivity (Wildman–Crippen MR) is 79.8 cm³/mol. The van der Waals surface area contributed by atoms with E-state index < -0.39 is 0 Å². The number of anilines is 1. The number of nitrogens with zero attached hydrogens (tertiary/aromatic N) is 2. The molecular weight excluding hydrogens is 236 g/mol. The van der Waals surface area contributed by atoms with E-state index in [4.69, 9.17) is 0 Å². The van der Waals surface area contributed by atoms with Crippen molar-refractivity contribution in [3.05, 3.63) is 29.8 Å². The van der Waals surface area contributed by atoms with Crippen molar-refractivity contribution < 1.29 is 0 Å². The minimum atomic E-state index is 0.519. The van der Waals surface area contributed by atoms with E-state index >= 15 is 0 Å². The van der Waals surface area contributed by atoms with E-state index in [1.165, 1.54) is 11.3 Å².